The third-order valence-corrected chi connectivity index (χ3v) is 4.46. The molecule has 1 aromatic heterocycles. The summed E-state index contributed by atoms with van der Waals surface area (Å²) in [5.41, 5.74) is 12.7. The molecule has 0 saturated carbocycles. The zero-order valence-corrected chi connectivity index (χ0v) is 23.1. The monoisotopic (exact) mass is 569 g/mol. The molecule has 36 heavy (non-hydrogen) atoms. The fraction of sp³-hybridized carbons (Fsp3) is 0.200. The first-order valence-corrected chi connectivity index (χ1v) is 10.5. The van der Waals surface area contributed by atoms with Crippen LogP contribution in [0, 0.1) is 0 Å². The Morgan fingerprint density at radius 2 is 1.86 bits per heavy atom. The number of ether oxygens (including phenoxy) is 1. The Balaban J connectivity index is 0.000000791. The molecule has 11 heteroatoms. The van der Waals surface area contributed by atoms with Gasteiger partial charge in [0.15, 0.2) is 5.78 Å². The SMILES string of the molecule is C=O.CC(=O)c1cccc([NH-])c1.COCCNc1ccc(NO)cc1C(=O)NCc1cccnc1.[Y]. The molecule has 0 atom stereocenters. The molecule has 0 aliphatic rings. The minimum Gasteiger partial charge on any atom is -0.699 e. The number of aromatic nitrogens is 1. The number of nitrogens with zero attached hydrogens (tertiary/aromatic N) is 1. The molecule has 1 amide bonds. The minimum atomic E-state index is -0.245. The number of ketones is 1. The van der Waals surface area contributed by atoms with Gasteiger partial charge in [0.2, 0.25) is 0 Å². The number of benzene rings is 2. The van der Waals surface area contributed by atoms with Gasteiger partial charge in [-0.15, -0.1) is 5.69 Å². The Labute approximate surface area is 235 Å². The normalized spacial score (nSPS) is 9.19. The molecule has 5 N–H and O–H groups in total. The molecule has 1 radical (unpaired) electrons. The summed E-state index contributed by atoms with van der Waals surface area (Å²) in [5.74, 6) is -0.236. The van der Waals surface area contributed by atoms with Gasteiger partial charge >= 0.3 is 0 Å². The third-order valence-electron chi connectivity index (χ3n) is 4.46. The van der Waals surface area contributed by atoms with Crippen molar-refractivity contribution in [3.63, 3.8) is 0 Å². The molecular weight excluding hydrogens is 539 g/mol. The second-order valence-corrected chi connectivity index (χ2v) is 6.97. The molecule has 189 valence electrons. The second-order valence-electron chi connectivity index (χ2n) is 6.97. The number of hydrogen-bond acceptors (Lipinski definition) is 8. The van der Waals surface area contributed by atoms with Crippen LogP contribution in [0.2, 0.25) is 0 Å². The maximum atomic E-state index is 12.4. The largest absolute Gasteiger partial charge is 0.699 e. The van der Waals surface area contributed by atoms with Gasteiger partial charge in [0, 0.05) is 76.6 Å². The van der Waals surface area contributed by atoms with Crippen LogP contribution in [0.3, 0.4) is 0 Å². The van der Waals surface area contributed by atoms with Gasteiger partial charge in [0.05, 0.1) is 17.9 Å². The van der Waals surface area contributed by atoms with E-state index in [0.29, 0.717) is 47.9 Å². The van der Waals surface area contributed by atoms with E-state index in [1.807, 2.05) is 24.4 Å². The summed E-state index contributed by atoms with van der Waals surface area (Å²) in [7, 11) is 1.61. The van der Waals surface area contributed by atoms with Gasteiger partial charge in [0.25, 0.3) is 5.91 Å². The first-order valence-electron chi connectivity index (χ1n) is 10.5. The van der Waals surface area contributed by atoms with Crippen LogP contribution < -0.4 is 16.1 Å². The number of Topliss-reactive ketones (excluding diaryl/α,β-unsaturated/α-hetero) is 1. The third kappa shape index (κ3) is 12.0. The van der Waals surface area contributed by atoms with Gasteiger partial charge in [-0.05, 0) is 36.8 Å². The summed E-state index contributed by atoms with van der Waals surface area (Å²) in [5, 5.41) is 15.0. The van der Waals surface area contributed by atoms with E-state index in [9.17, 15) is 9.59 Å². The van der Waals surface area contributed by atoms with Gasteiger partial charge in [-0.25, -0.2) is 0 Å². The van der Waals surface area contributed by atoms with E-state index in [1.165, 1.54) is 6.92 Å². The van der Waals surface area contributed by atoms with Crippen LogP contribution in [-0.4, -0.2) is 48.9 Å². The topological polar surface area (TPSA) is 153 Å². The number of pyridine rings is 1. The summed E-state index contributed by atoms with van der Waals surface area (Å²) < 4.78 is 4.99. The molecule has 0 aliphatic heterocycles. The molecule has 0 unspecified atom stereocenters. The van der Waals surface area contributed by atoms with E-state index >= 15 is 0 Å². The predicted octanol–water partition coefficient (Wildman–Crippen LogP) is 4.26. The smallest absolute Gasteiger partial charge is 0.253 e. The summed E-state index contributed by atoms with van der Waals surface area (Å²) in [6.45, 7) is 4.97. The van der Waals surface area contributed by atoms with Crippen molar-refractivity contribution >= 4 is 35.5 Å². The van der Waals surface area contributed by atoms with Crippen molar-refractivity contribution in [1.29, 1.82) is 0 Å². The quantitative estimate of drug-likeness (QED) is 0.169. The Morgan fingerprint density at radius 3 is 2.42 bits per heavy atom. The zero-order chi connectivity index (χ0) is 26.1. The molecule has 3 rings (SSSR count). The fourth-order valence-electron chi connectivity index (χ4n) is 2.76. The molecule has 0 aliphatic carbocycles. The Bertz CT molecular complexity index is 1070. The van der Waals surface area contributed by atoms with Crippen molar-refractivity contribution < 1.29 is 57.0 Å². The fourth-order valence-corrected chi connectivity index (χ4v) is 2.76. The van der Waals surface area contributed by atoms with Crippen LogP contribution in [0.1, 0.15) is 33.2 Å². The zero-order valence-electron chi connectivity index (χ0n) is 20.3. The van der Waals surface area contributed by atoms with Gasteiger partial charge in [0.1, 0.15) is 6.79 Å². The molecule has 2 aromatic carbocycles. The van der Waals surface area contributed by atoms with Crippen molar-refractivity contribution in [2.24, 2.45) is 0 Å². The Kier molecular flexibility index (Phi) is 17.4. The summed E-state index contributed by atoms with van der Waals surface area (Å²) in [6, 6.07) is 15.3. The van der Waals surface area contributed by atoms with Crippen molar-refractivity contribution in [3.05, 3.63) is 89.4 Å². The molecule has 10 nitrogen and oxygen atoms in total. The Morgan fingerprint density at radius 1 is 1.11 bits per heavy atom. The van der Waals surface area contributed by atoms with Crippen molar-refractivity contribution in [3.8, 4) is 0 Å². The number of rotatable bonds is 9. The van der Waals surface area contributed by atoms with E-state index in [0.717, 1.165) is 5.56 Å². The van der Waals surface area contributed by atoms with Crippen LogP contribution >= 0.6 is 0 Å². The molecule has 0 spiro atoms. The standard InChI is InChI=1S/C16H20N4O3.C8H8NO.CH2O.Y/c1-23-8-7-18-15-5-4-13(20-22)9-14(15)16(21)19-11-12-3-2-6-17-10-12;1-6(10)7-3-2-4-8(9)5-7;1-2;/h2-6,9-10,18,20,22H,7-8,11H2,1H3,(H,19,21);2-5,9H,1H3;1H2;/q;-1;;. The summed E-state index contributed by atoms with van der Waals surface area (Å²) in [4.78, 5) is 35.2. The van der Waals surface area contributed by atoms with Gasteiger partial charge in [-0.1, -0.05) is 30.3 Å². The molecule has 3 aromatic rings. The van der Waals surface area contributed by atoms with Crippen LogP contribution in [0.15, 0.2) is 67.0 Å². The van der Waals surface area contributed by atoms with E-state index in [2.05, 4.69) is 15.6 Å². The van der Waals surface area contributed by atoms with Gasteiger partial charge in [-0.3, -0.25) is 25.3 Å². The van der Waals surface area contributed by atoms with Gasteiger partial charge in [-0.2, -0.15) is 0 Å². The van der Waals surface area contributed by atoms with Crippen molar-refractivity contribution in [2.45, 2.75) is 13.5 Å². The van der Waals surface area contributed by atoms with Crippen LogP contribution in [0.4, 0.5) is 17.1 Å². The number of amides is 1. The van der Waals surface area contributed by atoms with E-state index in [-0.39, 0.29) is 44.4 Å². The van der Waals surface area contributed by atoms with E-state index < -0.39 is 0 Å². The minimum absolute atomic E-state index is 0. The summed E-state index contributed by atoms with van der Waals surface area (Å²) >= 11 is 0. The molecule has 0 fully saturated rings. The van der Waals surface area contributed by atoms with Crippen molar-refractivity contribution in [1.82, 2.24) is 10.3 Å². The number of hydrogen-bond donors (Lipinski definition) is 4. The number of nitrogens with one attached hydrogen (secondary N) is 4. The number of anilines is 2. The molecule has 1 heterocycles. The number of carbonyl (C=O) groups is 3. The predicted molar refractivity (Wildman–Crippen MR) is 135 cm³/mol. The maximum Gasteiger partial charge on any atom is 0.253 e. The molecular formula is C25H30N5O5Y-. The first-order chi connectivity index (χ1) is 16.9. The van der Waals surface area contributed by atoms with Crippen LogP contribution in [-0.2, 0) is 48.8 Å². The Hall–Kier alpha value is -3.18. The average molecular weight is 569 g/mol. The van der Waals surface area contributed by atoms with E-state index in [1.54, 1.807) is 62.0 Å². The van der Waals surface area contributed by atoms with E-state index in [4.69, 9.17) is 20.5 Å². The van der Waals surface area contributed by atoms with Crippen LogP contribution in [0.5, 0.6) is 0 Å². The first kappa shape index (κ1) is 32.8. The second kappa shape index (κ2) is 19.1. The van der Waals surface area contributed by atoms with Gasteiger partial charge < -0.3 is 25.9 Å². The number of carbonyl (C=O) groups excluding carboxylic acids is 3. The summed E-state index contributed by atoms with van der Waals surface area (Å²) in [6.07, 6.45) is 3.38. The maximum absolute atomic E-state index is 12.4. The van der Waals surface area contributed by atoms with Crippen molar-refractivity contribution in [2.75, 3.05) is 31.1 Å². The number of methoxy groups -OCH3 is 1. The van der Waals surface area contributed by atoms with Crippen LogP contribution in [0.25, 0.3) is 5.73 Å². The molecule has 0 bridgehead atoms. The molecule has 0 saturated heterocycles. The average Bonchev–Trinajstić information content (AvgIpc) is 2.89.